The van der Waals surface area contributed by atoms with Gasteiger partial charge in [-0.05, 0) is 41.4 Å². The number of hydrogen-bond donors (Lipinski definition) is 0. The number of rotatable bonds is 5. The quantitative estimate of drug-likeness (QED) is 0.726. The lowest BCUT2D eigenvalue weighted by Crippen LogP contribution is -2.47. The Bertz CT molecular complexity index is 856. The Morgan fingerprint density at radius 2 is 1.93 bits per heavy atom. The smallest absolute Gasteiger partial charge is 0.164 e. The van der Waals surface area contributed by atoms with E-state index in [4.69, 9.17) is 4.74 Å². The van der Waals surface area contributed by atoms with E-state index in [-0.39, 0.29) is 0 Å². The molecule has 3 rings (SSSR count). The minimum absolute atomic E-state index is 0.473. The van der Waals surface area contributed by atoms with Gasteiger partial charge in [-0.25, -0.2) is 4.98 Å². The van der Waals surface area contributed by atoms with E-state index in [9.17, 15) is 5.26 Å². The van der Waals surface area contributed by atoms with Crippen LogP contribution in [-0.2, 0) is 4.74 Å². The van der Waals surface area contributed by atoms with Crippen molar-refractivity contribution in [3.8, 4) is 17.2 Å². The molecule has 0 aliphatic carbocycles. The molecule has 7 heteroatoms. The SMILES string of the molecule is COCCN1CCN(c2c(C#N)ncc(C)c2-c2cc(Br)cnc2C)CC1. The molecule has 0 saturated carbocycles. The van der Waals surface area contributed by atoms with E-state index in [0.29, 0.717) is 5.69 Å². The summed E-state index contributed by atoms with van der Waals surface area (Å²) in [6.07, 6.45) is 3.58. The maximum atomic E-state index is 9.71. The van der Waals surface area contributed by atoms with Gasteiger partial charge in [0.25, 0.3) is 0 Å². The average Bonchev–Trinajstić information content (AvgIpc) is 2.68. The summed E-state index contributed by atoms with van der Waals surface area (Å²) in [5, 5.41) is 9.71. The summed E-state index contributed by atoms with van der Waals surface area (Å²) in [4.78, 5) is 13.6. The Morgan fingerprint density at radius 3 is 2.59 bits per heavy atom. The molecular formula is C20H24BrN5O. The Labute approximate surface area is 168 Å². The van der Waals surface area contributed by atoms with Crippen LogP contribution < -0.4 is 4.90 Å². The Kier molecular flexibility index (Phi) is 6.42. The normalized spacial score (nSPS) is 15.0. The zero-order chi connectivity index (χ0) is 19.4. The van der Waals surface area contributed by atoms with Gasteiger partial charge in [0.1, 0.15) is 6.07 Å². The van der Waals surface area contributed by atoms with Gasteiger partial charge in [0.2, 0.25) is 0 Å². The van der Waals surface area contributed by atoms with Crippen molar-refractivity contribution in [1.29, 1.82) is 5.26 Å². The Balaban J connectivity index is 2.01. The molecule has 1 aliphatic rings. The van der Waals surface area contributed by atoms with E-state index in [1.807, 2.05) is 13.8 Å². The highest BCUT2D eigenvalue weighted by Gasteiger charge is 2.25. The Hall–Kier alpha value is -2.01. The largest absolute Gasteiger partial charge is 0.383 e. The fourth-order valence-corrected chi connectivity index (χ4v) is 3.83. The number of piperazine rings is 1. The molecule has 142 valence electrons. The van der Waals surface area contributed by atoms with Crippen LogP contribution in [0.1, 0.15) is 17.0 Å². The molecule has 1 saturated heterocycles. The summed E-state index contributed by atoms with van der Waals surface area (Å²) in [6, 6.07) is 4.36. The highest BCUT2D eigenvalue weighted by atomic mass is 79.9. The van der Waals surface area contributed by atoms with Crippen LogP contribution in [0.3, 0.4) is 0 Å². The van der Waals surface area contributed by atoms with Crippen molar-refractivity contribution in [2.45, 2.75) is 13.8 Å². The maximum absolute atomic E-state index is 9.71. The summed E-state index contributed by atoms with van der Waals surface area (Å²) < 4.78 is 6.11. The van der Waals surface area contributed by atoms with Gasteiger partial charge in [0.15, 0.2) is 5.69 Å². The lowest BCUT2D eigenvalue weighted by Gasteiger charge is -2.37. The molecule has 0 N–H and O–H groups in total. The van der Waals surface area contributed by atoms with Crippen molar-refractivity contribution in [3.63, 3.8) is 0 Å². The fourth-order valence-electron chi connectivity index (χ4n) is 3.50. The molecule has 2 aromatic rings. The number of methoxy groups -OCH3 is 1. The van der Waals surface area contributed by atoms with Gasteiger partial charge >= 0.3 is 0 Å². The second-order valence-corrected chi connectivity index (χ2v) is 7.65. The van der Waals surface area contributed by atoms with Crippen LogP contribution in [0, 0.1) is 25.2 Å². The first kappa shape index (κ1) is 19.7. The van der Waals surface area contributed by atoms with Gasteiger partial charge in [-0.1, -0.05) is 0 Å². The van der Waals surface area contributed by atoms with Crippen molar-refractivity contribution in [3.05, 3.63) is 39.9 Å². The number of anilines is 1. The van der Waals surface area contributed by atoms with Gasteiger partial charge in [-0.15, -0.1) is 0 Å². The summed E-state index contributed by atoms with van der Waals surface area (Å²) in [5.74, 6) is 0. The van der Waals surface area contributed by atoms with Gasteiger partial charge in [0.05, 0.1) is 12.3 Å². The predicted octanol–water partition coefficient (Wildman–Crippen LogP) is 3.16. The second-order valence-electron chi connectivity index (χ2n) is 6.73. The average molecular weight is 430 g/mol. The standard InChI is InChI=1S/C20H24BrN5O/c1-14-12-24-18(11-22)20(19(14)17-10-16(21)13-23-15(17)2)26-6-4-25(5-7-26)8-9-27-3/h10,12-13H,4-9H2,1-3H3. The summed E-state index contributed by atoms with van der Waals surface area (Å²) in [7, 11) is 1.73. The van der Waals surface area contributed by atoms with E-state index in [0.717, 1.165) is 71.9 Å². The third kappa shape index (κ3) is 4.29. The molecule has 6 nitrogen and oxygen atoms in total. The maximum Gasteiger partial charge on any atom is 0.164 e. The molecule has 0 radical (unpaired) electrons. The molecule has 0 unspecified atom stereocenters. The molecular weight excluding hydrogens is 406 g/mol. The first-order valence-electron chi connectivity index (χ1n) is 9.03. The van der Waals surface area contributed by atoms with Crippen LogP contribution in [0.15, 0.2) is 22.9 Å². The summed E-state index contributed by atoms with van der Waals surface area (Å²) >= 11 is 3.53. The van der Waals surface area contributed by atoms with Gasteiger partial charge in [0, 0.05) is 73.5 Å². The lowest BCUT2D eigenvalue weighted by molar-refractivity contribution is 0.144. The zero-order valence-electron chi connectivity index (χ0n) is 16.0. The molecule has 1 aliphatic heterocycles. The monoisotopic (exact) mass is 429 g/mol. The molecule has 0 amide bonds. The first-order chi connectivity index (χ1) is 13.0. The molecule has 27 heavy (non-hydrogen) atoms. The zero-order valence-corrected chi connectivity index (χ0v) is 17.6. The van der Waals surface area contributed by atoms with Crippen molar-refractivity contribution < 1.29 is 4.74 Å². The summed E-state index contributed by atoms with van der Waals surface area (Å²) in [6.45, 7) is 9.32. The minimum Gasteiger partial charge on any atom is -0.383 e. The van der Waals surface area contributed by atoms with Crippen LogP contribution in [0.5, 0.6) is 0 Å². The van der Waals surface area contributed by atoms with E-state index in [1.54, 1.807) is 19.5 Å². The van der Waals surface area contributed by atoms with Crippen molar-refractivity contribution in [2.24, 2.45) is 0 Å². The first-order valence-corrected chi connectivity index (χ1v) is 9.83. The number of hydrogen-bond acceptors (Lipinski definition) is 6. The van der Waals surface area contributed by atoms with Crippen LogP contribution in [0.2, 0.25) is 0 Å². The Morgan fingerprint density at radius 1 is 1.19 bits per heavy atom. The lowest BCUT2D eigenvalue weighted by atomic mass is 9.97. The van der Waals surface area contributed by atoms with Crippen LogP contribution >= 0.6 is 15.9 Å². The van der Waals surface area contributed by atoms with Crippen LogP contribution in [0.4, 0.5) is 5.69 Å². The fraction of sp³-hybridized carbons (Fsp3) is 0.450. The van der Waals surface area contributed by atoms with E-state index in [2.05, 4.69) is 47.8 Å². The van der Waals surface area contributed by atoms with Crippen molar-refractivity contribution in [2.75, 3.05) is 51.3 Å². The number of nitrogens with zero attached hydrogens (tertiary/aromatic N) is 5. The van der Waals surface area contributed by atoms with Crippen molar-refractivity contribution >= 4 is 21.6 Å². The number of ether oxygens (including phenoxy) is 1. The second kappa shape index (κ2) is 8.79. The number of pyridine rings is 2. The summed E-state index contributed by atoms with van der Waals surface area (Å²) in [5.41, 5.74) is 5.48. The number of aromatic nitrogens is 2. The molecule has 3 heterocycles. The number of halogens is 1. The minimum atomic E-state index is 0.473. The van der Waals surface area contributed by atoms with E-state index >= 15 is 0 Å². The molecule has 0 aromatic carbocycles. The molecule has 0 spiro atoms. The topological polar surface area (TPSA) is 65.3 Å². The van der Waals surface area contributed by atoms with Gasteiger partial charge in [-0.3, -0.25) is 9.88 Å². The predicted molar refractivity (Wildman–Crippen MR) is 110 cm³/mol. The van der Waals surface area contributed by atoms with Crippen molar-refractivity contribution in [1.82, 2.24) is 14.9 Å². The third-order valence-corrected chi connectivity index (χ3v) is 5.41. The van der Waals surface area contributed by atoms with E-state index < -0.39 is 0 Å². The van der Waals surface area contributed by atoms with Gasteiger partial charge < -0.3 is 9.64 Å². The number of nitriles is 1. The van der Waals surface area contributed by atoms with Crippen LogP contribution in [0.25, 0.3) is 11.1 Å². The highest BCUT2D eigenvalue weighted by Crippen LogP contribution is 2.38. The van der Waals surface area contributed by atoms with E-state index in [1.165, 1.54) is 0 Å². The third-order valence-electron chi connectivity index (χ3n) is 4.97. The highest BCUT2D eigenvalue weighted by molar-refractivity contribution is 9.10. The molecule has 1 fully saturated rings. The number of aryl methyl sites for hydroxylation is 2. The molecule has 0 bridgehead atoms. The molecule has 0 atom stereocenters. The molecule has 2 aromatic heterocycles. The van der Waals surface area contributed by atoms with Gasteiger partial charge in [-0.2, -0.15) is 5.26 Å². The van der Waals surface area contributed by atoms with Crippen LogP contribution in [-0.4, -0.2) is 61.3 Å².